The zero-order valence-corrected chi connectivity index (χ0v) is 12.5. The zero-order valence-electron chi connectivity index (χ0n) is 12.5. The van der Waals surface area contributed by atoms with Crippen LogP contribution in [-0.2, 0) is 0 Å². The number of likely N-dealkylation sites (tertiary alicyclic amines) is 1. The van der Waals surface area contributed by atoms with Gasteiger partial charge in [-0.25, -0.2) is 4.79 Å². The smallest absolute Gasteiger partial charge is 0.320 e. The molecule has 3 unspecified atom stereocenters. The highest BCUT2D eigenvalue weighted by Crippen LogP contribution is 2.28. The van der Waals surface area contributed by atoms with E-state index in [0.29, 0.717) is 24.4 Å². The summed E-state index contributed by atoms with van der Waals surface area (Å²) in [6, 6.07) is 0.570. The van der Waals surface area contributed by atoms with E-state index in [-0.39, 0.29) is 6.03 Å². The number of hydrogen-bond acceptors (Lipinski definition) is 2. The van der Waals surface area contributed by atoms with Crippen molar-refractivity contribution in [1.82, 2.24) is 9.80 Å². The molecule has 0 aromatic rings. The van der Waals surface area contributed by atoms with Crippen LogP contribution in [0, 0.1) is 11.8 Å². The molecule has 2 rings (SSSR count). The van der Waals surface area contributed by atoms with Crippen LogP contribution in [0.5, 0.6) is 0 Å². The monoisotopic (exact) mass is 267 g/mol. The first-order valence-electron chi connectivity index (χ1n) is 7.85. The molecule has 0 spiro atoms. The molecule has 0 bridgehead atoms. The standard InChI is InChI=1S/C15H29N3O/c1-12-6-5-9-18(11-12)15(19)17(2)14-8-4-3-7-13(14)10-16/h12-14H,3-11,16H2,1-2H3. The molecular formula is C15H29N3O. The van der Waals surface area contributed by atoms with Crippen LogP contribution in [0.15, 0.2) is 0 Å². The van der Waals surface area contributed by atoms with Crippen molar-refractivity contribution in [3.63, 3.8) is 0 Å². The molecule has 4 heteroatoms. The van der Waals surface area contributed by atoms with Crippen LogP contribution in [0.3, 0.4) is 0 Å². The Morgan fingerprint density at radius 2 is 2.00 bits per heavy atom. The third-order valence-electron chi connectivity index (χ3n) is 4.90. The number of rotatable bonds is 2. The van der Waals surface area contributed by atoms with Crippen molar-refractivity contribution < 1.29 is 4.79 Å². The number of nitrogens with two attached hydrogens (primary N) is 1. The van der Waals surface area contributed by atoms with Crippen molar-refractivity contribution >= 4 is 6.03 Å². The van der Waals surface area contributed by atoms with E-state index in [9.17, 15) is 4.79 Å². The van der Waals surface area contributed by atoms with E-state index < -0.39 is 0 Å². The summed E-state index contributed by atoms with van der Waals surface area (Å²) in [5.41, 5.74) is 5.88. The molecule has 1 aliphatic carbocycles. The third-order valence-corrected chi connectivity index (χ3v) is 4.90. The fraction of sp³-hybridized carbons (Fsp3) is 0.933. The molecule has 3 atom stereocenters. The molecule has 1 aliphatic heterocycles. The first kappa shape index (κ1) is 14.6. The minimum absolute atomic E-state index is 0.219. The Morgan fingerprint density at radius 1 is 1.26 bits per heavy atom. The molecule has 110 valence electrons. The van der Waals surface area contributed by atoms with E-state index >= 15 is 0 Å². The molecule has 1 heterocycles. The number of piperidine rings is 1. The van der Waals surface area contributed by atoms with Gasteiger partial charge in [0, 0.05) is 26.2 Å². The lowest BCUT2D eigenvalue weighted by Crippen LogP contribution is -2.52. The maximum absolute atomic E-state index is 12.6. The summed E-state index contributed by atoms with van der Waals surface area (Å²) in [6.07, 6.45) is 7.19. The third kappa shape index (κ3) is 3.41. The van der Waals surface area contributed by atoms with Gasteiger partial charge in [0.2, 0.25) is 0 Å². The summed E-state index contributed by atoms with van der Waals surface area (Å²) in [6.45, 7) is 4.79. The van der Waals surface area contributed by atoms with E-state index in [1.54, 1.807) is 0 Å². The molecule has 2 amide bonds. The fourth-order valence-electron chi connectivity index (χ4n) is 3.70. The number of nitrogens with zero attached hydrogens (tertiary/aromatic N) is 2. The van der Waals surface area contributed by atoms with Gasteiger partial charge in [-0.3, -0.25) is 0 Å². The summed E-state index contributed by atoms with van der Waals surface area (Å²) in [7, 11) is 1.97. The largest absolute Gasteiger partial charge is 0.330 e. The number of carbonyl (C=O) groups excluding carboxylic acids is 1. The first-order valence-corrected chi connectivity index (χ1v) is 7.85. The normalized spacial score (nSPS) is 32.2. The van der Waals surface area contributed by atoms with Crippen molar-refractivity contribution in [2.45, 2.75) is 51.5 Å². The Hall–Kier alpha value is -0.770. The minimum atomic E-state index is 0.219. The van der Waals surface area contributed by atoms with Crippen LogP contribution >= 0.6 is 0 Å². The Morgan fingerprint density at radius 3 is 2.68 bits per heavy atom. The van der Waals surface area contributed by atoms with Crippen molar-refractivity contribution in [1.29, 1.82) is 0 Å². The van der Waals surface area contributed by atoms with Gasteiger partial charge in [-0.05, 0) is 44.1 Å². The van der Waals surface area contributed by atoms with E-state index in [4.69, 9.17) is 5.73 Å². The molecule has 1 saturated heterocycles. The highest BCUT2D eigenvalue weighted by molar-refractivity contribution is 5.74. The SMILES string of the molecule is CC1CCCN(C(=O)N(C)C2CCCCC2CN)C1. The van der Waals surface area contributed by atoms with Gasteiger partial charge in [0.25, 0.3) is 0 Å². The number of urea groups is 1. The summed E-state index contributed by atoms with van der Waals surface area (Å²) in [5.74, 6) is 1.13. The molecule has 2 aliphatic rings. The van der Waals surface area contributed by atoms with Crippen molar-refractivity contribution in [2.24, 2.45) is 17.6 Å². The van der Waals surface area contributed by atoms with Crippen molar-refractivity contribution in [2.75, 3.05) is 26.7 Å². The van der Waals surface area contributed by atoms with Crippen LogP contribution in [0.25, 0.3) is 0 Å². The lowest BCUT2D eigenvalue weighted by atomic mass is 9.84. The lowest BCUT2D eigenvalue weighted by Gasteiger charge is -2.41. The summed E-state index contributed by atoms with van der Waals surface area (Å²) >= 11 is 0. The van der Waals surface area contributed by atoms with Gasteiger partial charge < -0.3 is 15.5 Å². The summed E-state index contributed by atoms with van der Waals surface area (Å²) in [4.78, 5) is 16.6. The molecule has 4 nitrogen and oxygen atoms in total. The molecule has 2 fully saturated rings. The van der Waals surface area contributed by atoms with Crippen LogP contribution in [-0.4, -0.2) is 48.6 Å². The van der Waals surface area contributed by atoms with E-state index in [1.807, 2.05) is 16.8 Å². The molecule has 19 heavy (non-hydrogen) atoms. The minimum Gasteiger partial charge on any atom is -0.330 e. The van der Waals surface area contributed by atoms with Gasteiger partial charge in [0.05, 0.1) is 0 Å². The molecular weight excluding hydrogens is 238 g/mol. The second-order valence-corrected chi connectivity index (χ2v) is 6.43. The Bertz CT molecular complexity index is 308. The van der Waals surface area contributed by atoms with Crippen LogP contribution in [0.4, 0.5) is 4.79 Å². The molecule has 0 aromatic heterocycles. The topological polar surface area (TPSA) is 49.6 Å². The van der Waals surface area contributed by atoms with Gasteiger partial charge in [-0.2, -0.15) is 0 Å². The highest BCUT2D eigenvalue weighted by Gasteiger charge is 2.32. The Balaban J connectivity index is 1.97. The predicted molar refractivity (Wildman–Crippen MR) is 77.9 cm³/mol. The van der Waals surface area contributed by atoms with Crippen LogP contribution in [0.2, 0.25) is 0 Å². The van der Waals surface area contributed by atoms with Crippen molar-refractivity contribution in [3.05, 3.63) is 0 Å². The fourth-order valence-corrected chi connectivity index (χ4v) is 3.70. The quantitative estimate of drug-likeness (QED) is 0.834. The average Bonchev–Trinajstić information content (AvgIpc) is 2.45. The first-order chi connectivity index (χ1) is 9.13. The molecule has 0 aromatic carbocycles. The summed E-state index contributed by atoms with van der Waals surface area (Å²) in [5, 5.41) is 0. The molecule has 2 N–H and O–H groups in total. The van der Waals surface area contributed by atoms with Crippen LogP contribution < -0.4 is 5.73 Å². The Labute approximate surface area is 117 Å². The van der Waals surface area contributed by atoms with Crippen LogP contribution in [0.1, 0.15) is 45.4 Å². The number of carbonyl (C=O) groups is 1. The second-order valence-electron chi connectivity index (χ2n) is 6.43. The van der Waals surface area contributed by atoms with E-state index in [2.05, 4.69) is 6.92 Å². The Kier molecular flexibility index (Phi) is 5.08. The maximum Gasteiger partial charge on any atom is 0.320 e. The zero-order chi connectivity index (χ0) is 13.8. The number of amides is 2. The van der Waals surface area contributed by atoms with E-state index in [0.717, 1.165) is 25.9 Å². The van der Waals surface area contributed by atoms with Gasteiger partial charge in [0.1, 0.15) is 0 Å². The van der Waals surface area contributed by atoms with Gasteiger partial charge in [-0.1, -0.05) is 19.8 Å². The van der Waals surface area contributed by atoms with Crippen molar-refractivity contribution in [3.8, 4) is 0 Å². The highest BCUT2D eigenvalue weighted by atomic mass is 16.2. The maximum atomic E-state index is 12.6. The summed E-state index contributed by atoms with van der Waals surface area (Å²) < 4.78 is 0. The average molecular weight is 267 g/mol. The van der Waals surface area contributed by atoms with Gasteiger partial charge in [0.15, 0.2) is 0 Å². The van der Waals surface area contributed by atoms with Gasteiger partial charge >= 0.3 is 6.03 Å². The van der Waals surface area contributed by atoms with Gasteiger partial charge in [-0.15, -0.1) is 0 Å². The molecule has 1 saturated carbocycles. The van der Waals surface area contributed by atoms with E-state index in [1.165, 1.54) is 25.7 Å². The number of hydrogen-bond donors (Lipinski definition) is 1. The molecule has 0 radical (unpaired) electrons. The lowest BCUT2D eigenvalue weighted by molar-refractivity contribution is 0.0983. The second kappa shape index (κ2) is 6.60. The predicted octanol–water partition coefficient (Wildman–Crippen LogP) is 2.29.